The van der Waals surface area contributed by atoms with Gasteiger partial charge in [-0.1, -0.05) is 211 Å². The van der Waals surface area contributed by atoms with Crippen molar-refractivity contribution < 1.29 is 42.7 Å². The van der Waals surface area contributed by atoms with Crippen LogP contribution in [0.1, 0.15) is 232 Å². The number of hydrogen-bond acceptors (Lipinski definition) is 8. The molecule has 0 aliphatic rings. The Morgan fingerprint density at radius 3 is 1.34 bits per heavy atom. The van der Waals surface area contributed by atoms with Crippen molar-refractivity contribution in [1.29, 1.82) is 0 Å². The minimum Gasteiger partial charge on any atom is -0.480 e. The van der Waals surface area contributed by atoms with E-state index in [9.17, 15) is 19.0 Å². The van der Waals surface area contributed by atoms with Crippen LogP contribution in [0.4, 0.5) is 0 Å². The molecule has 0 amide bonds. The predicted octanol–water partition coefficient (Wildman–Crippen LogP) is 14.4. The molecule has 11 heteroatoms. The molecule has 358 valence electrons. The Labute approximate surface area is 374 Å². The number of phosphoric acid groups is 1. The summed E-state index contributed by atoms with van der Waals surface area (Å²) in [6, 6.07) is -1.47. The number of carboxylic acid groups (broad SMARTS) is 1. The largest absolute Gasteiger partial charge is 0.480 e. The molecule has 0 aromatic rings. The lowest BCUT2D eigenvalue weighted by molar-refractivity contribution is -0.154. The van der Waals surface area contributed by atoms with Gasteiger partial charge in [-0.05, 0) is 51.4 Å². The van der Waals surface area contributed by atoms with Gasteiger partial charge in [0.1, 0.15) is 12.1 Å². The molecule has 3 atom stereocenters. The summed E-state index contributed by atoms with van der Waals surface area (Å²) in [6.07, 6.45) is 53.4. The highest BCUT2D eigenvalue weighted by molar-refractivity contribution is 7.47. The van der Waals surface area contributed by atoms with E-state index in [1.165, 1.54) is 154 Å². The van der Waals surface area contributed by atoms with E-state index in [0.717, 1.165) is 51.4 Å². The summed E-state index contributed by atoms with van der Waals surface area (Å²) in [7, 11) is -4.62. The standard InChI is InChI=1S/C50H94NO9P/c1-3-5-7-9-11-13-15-17-19-21-22-23-24-25-27-29-31-33-35-37-39-41-43-57-44-47(45-58-61(55,56)59-46-48(51)50(53)54)60-49(52)42-40-38-36-34-32-30-28-26-20-18-16-14-12-10-8-6-4-2/h15,17,21-22,24-25,47-48H,3-14,16,18-20,23,26-46,51H2,1-2H3,(H,53,54)(H,55,56)/b17-15-,22-21-,25-24-. The van der Waals surface area contributed by atoms with Crippen molar-refractivity contribution in [2.45, 2.75) is 244 Å². The summed E-state index contributed by atoms with van der Waals surface area (Å²) in [5, 5.41) is 8.92. The fourth-order valence-corrected chi connectivity index (χ4v) is 7.80. The van der Waals surface area contributed by atoms with E-state index in [2.05, 4.69) is 50.3 Å². The summed E-state index contributed by atoms with van der Waals surface area (Å²) in [5.41, 5.74) is 5.37. The highest BCUT2D eigenvalue weighted by atomic mass is 31.2. The Bertz CT molecular complexity index is 1110. The predicted molar refractivity (Wildman–Crippen MR) is 254 cm³/mol. The molecule has 0 aliphatic carbocycles. The molecule has 0 fully saturated rings. The van der Waals surface area contributed by atoms with E-state index < -0.39 is 45.1 Å². The van der Waals surface area contributed by atoms with E-state index in [1.54, 1.807) is 0 Å². The van der Waals surface area contributed by atoms with Crippen LogP contribution in [0.2, 0.25) is 0 Å². The van der Waals surface area contributed by atoms with E-state index in [0.29, 0.717) is 13.0 Å². The third kappa shape index (κ3) is 46.0. The Balaban J connectivity index is 4.16. The zero-order chi connectivity index (χ0) is 44.8. The highest BCUT2D eigenvalue weighted by Crippen LogP contribution is 2.43. The molecule has 0 bridgehead atoms. The first-order valence-electron chi connectivity index (χ1n) is 25.0. The highest BCUT2D eigenvalue weighted by Gasteiger charge is 2.27. The number of nitrogens with two attached hydrogens (primary N) is 1. The van der Waals surface area contributed by atoms with E-state index in [1.807, 2.05) is 0 Å². The van der Waals surface area contributed by atoms with Crippen molar-refractivity contribution in [3.8, 4) is 0 Å². The number of rotatable bonds is 48. The van der Waals surface area contributed by atoms with Crippen molar-refractivity contribution in [1.82, 2.24) is 0 Å². The molecule has 3 unspecified atom stereocenters. The molecule has 0 heterocycles. The maximum Gasteiger partial charge on any atom is 0.472 e. The number of unbranched alkanes of at least 4 members (excludes halogenated alkanes) is 28. The molecular formula is C50H94NO9P. The van der Waals surface area contributed by atoms with Gasteiger partial charge < -0.3 is 25.2 Å². The van der Waals surface area contributed by atoms with Crippen LogP contribution in [0.25, 0.3) is 0 Å². The first kappa shape index (κ1) is 59.2. The van der Waals surface area contributed by atoms with Crippen LogP contribution in [-0.4, -0.2) is 60.5 Å². The van der Waals surface area contributed by atoms with Crippen LogP contribution in [-0.2, 0) is 32.7 Å². The van der Waals surface area contributed by atoms with Gasteiger partial charge in [0.2, 0.25) is 0 Å². The van der Waals surface area contributed by atoms with Gasteiger partial charge in [0.15, 0.2) is 0 Å². The molecule has 0 aromatic carbocycles. The number of carbonyl (C=O) groups excluding carboxylic acids is 1. The SMILES string of the molecule is CCCCCCC/C=C\C/C=C\C/C=C\CCCCCCCCCOCC(COP(=O)(O)OCC(N)C(=O)O)OC(=O)CCCCCCCCCCCCCCCCCCC. The number of carboxylic acids is 1. The molecule has 4 N–H and O–H groups in total. The third-order valence-electron chi connectivity index (χ3n) is 10.9. The van der Waals surface area contributed by atoms with Gasteiger partial charge in [-0.2, -0.15) is 0 Å². The van der Waals surface area contributed by atoms with Crippen LogP contribution in [0.3, 0.4) is 0 Å². The second kappa shape index (κ2) is 46.2. The molecule has 10 nitrogen and oxygen atoms in total. The lowest BCUT2D eigenvalue weighted by atomic mass is 10.0. The second-order valence-corrected chi connectivity index (χ2v) is 18.4. The average molecular weight is 884 g/mol. The van der Waals surface area contributed by atoms with Crippen LogP contribution >= 0.6 is 7.82 Å². The second-order valence-electron chi connectivity index (χ2n) is 17.0. The Hall–Kier alpha value is -1.81. The number of aliphatic carboxylic acids is 1. The Morgan fingerprint density at radius 2 is 0.902 bits per heavy atom. The minimum atomic E-state index is -4.62. The number of allylic oxidation sites excluding steroid dienone is 6. The first-order chi connectivity index (χ1) is 29.7. The van der Waals surface area contributed by atoms with Crippen molar-refractivity contribution in [2.24, 2.45) is 5.73 Å². The minimum absolute atomic E-state index is 0.0129. The van der Waals surface area contributed by atoms with Crippen LogP contribution in [0, 0.1) is 0 Å². The third-order valence-corrected chi connectivity index (χ3v) is 11.9. The molecule has 0 aliphatic heterocycles. The van der Waals surface area contributed by atoms with Crippen molar-refractivity contribution in [2.75, 3.05) is 26.4 Å². The van der Waals surface area contributed by atoms with Crippen molar-refractivity contribution >= 4 is 19.8 Å². The van der Waals surface area contributed by atoms with Gasteiger partial charge in [-0.15, -0.1) is 0 Å². The number of carbonyl (C=O) groups is 2. The smallest absolute Gasteiger partial charge is 0.472 e. The van der Waals surface area contributed by atoms with E-state index >= 15 is 0 Å². The molecule has 0 saturated heterocycles. The van der Waals surface area contributed by atoms with Gasteiger partial charge in [-0.3, -0.25) is 18.6 Å². The fraction of sp³-hybridized carbons (Fsp3) is 0.840. The lowest BCUT2D eigenvalue weighted by Crippen LogP contribution is -2.34. The quantitative estimate of drug-likeness (QED) is 0.0233. The molecule has 0 radical (unpaired) electrons. The number of hydrogen-bond donors (Lipinski definition) is 3. The summed E-state index contributed by atoms with van der Waals surface area (Å²) >= 11 is 0. The topological polar surface area (TPSA) is 155 Å². The van der Waals surface area contributed by atoms with Crippen molar-refractivity contribution in [3.05, 3.63) is 36.5 Å². The maximum absolute atomic E-state index is 12.7. The zero-order valence-corrected chi connectivity index (χ0v) is 40.2. The first-order valence-corrected chi connectivity index (χ1v) is 26.5. The van der Waals surface area contributed by atoms with E-state index in [4.69, 9.17) is 29.4 Å². The molecule has 0 spiro atoms. The number of ether oxygens (including phenoxy) is 2. The van der Waals surface area contributed by atoms with Crippen LogP contribution in [0.15, 0.2) is 36.5 Å². The molecule has 0 rings (SSSR count). The van der Waals surface area contributed by atoms with Gasteiger partial charge in [0.05, 0.1) is 19.8 Å². The van der Waals surface area contributed by atoms with Crippen molar-refractivity contribution in [3.63, 3.8) is 0 Å². The summed E-state index contributed by atoms with van der Waals surface area (Å²) < 4.78 is 33.5. The monoisotopic (exact) mass is 884 g/mol. The zero-order valence-electron chi connectivity index (χ0n) is 39.3. The molecular weight excluding hydrogens is 790 g/mol. The van der Waals surface area contributed by atoms with Gasteiger partial charge in [0.25, 0.3) is 0 Å². The number of phosphoric ester groups is 1. The van der Waals surface area contributed by atoms with E-state index in [-0.39, 0.29) is 13.0 Å². The summed E-state index contributed by atoms with van der Waals surface area (Å²) in [4.78, 5) is 33.7. The van der Waals surface area contributed by atoms with Gasteiger partial charge in [0, 0.05) is 13.0 Å². The maximum atomic E-state index is 12.7. The van der Waals surface area contributed by atoms with Gasteiger partial charge >= 0.3 is 19.8 Å². The average Bonchev–Trinajstić information content (AvgIpc) is 3.24. The van der Waals surface area contributed by atoms with Gasteiger partial charge in [-0.25, -0.2) is 4.57 Å². The summed E-state index contributed by atoms with van der Waals surface area (Å²) in [6.45, 7) is 3.88. The fourth-order valence-electron chi connectivity index (χ4n) is 7.02. The number of esters is 1. The summed E-state index contributed by atoms with van der Waals surface area (Å²) in [5.74, 6) is -1.78. The molecule has 0 aromatic heterocycles. The lowest BCUT2D eigenvalue weighted by Gasteiger charge is -2.20. The Morgan fingerprint density at radius 1 is 0.525 bits per heavy atom. The molecule has 61 heavy (non-hydrogen) atoms. The van der Waals surface area contributed by atoms with Crippen LogP contribution < -0.4 is 5.73 Å². The Kier molecular flexibility index (Phi) is 44.8. The van der Waals surface area contributed by atoms with Crippen LogP contribution in [0.5, 0.6) is 0 Å². The molecule has 0 saturated carbocycles. The normalized spacial score (nSPS) is 14.0.